The van der Waals surface area contributed by atoms with Gasteiger partial charge in [-0.1, -0.05) is 84.4 Å². The quantitative estimate of drug-likeness (QED) is 0.666. The SMILES string of the molecule is CC(N)C(OCc1cccc(Cl)c1)(c1ccccc1)c1ccccc1. The Hall–Kier alpha value is -2.13. The van der Waals surface area contributed by atoms with Crippen LogP contribution in [0, 0.1) is 0 Å². The number of hydrogen-bond acceptors (Lipinski definition) is 2. The lowest BCUT2D eigenvalue weighted by Gasteiger charge is -2.38. The van der Waals surface area contributed by atoms with E-state index < -0.39 is 5.60 Å². The molecule has 0 radical (unpaired) electrons. The zero-order chi connectivity index (χ0) is 17.7. The van der Waals surface area contributed by atoms with E-state index in [1.807, 2.05) is 67.6 Å². The van der Waals surface area contributed by atoms with E-state index in [1.165, 1.54) is 0 Å². The maximum atomic E-state index is 6.52. The van der Waals surface area contributed by atoms with Gasteiger partial charge in [-0.2, -0.15) is 0 Å². The van der Waals surface area contributed by atoms with Crippen molar-refractivity contribution in [3.63, 3.8) is 0 Å². The minimum Gasteiger partial charge on any atom is -0.359 e. The van der Waals surface area contributed by atoms with Crippen LogP contribution in [0.1, 0.15) is 23.6 Å². The molecule has 2 nitrogen and oxygen atoms in total. The molecule has 3 aromatic rings. The van der Waals surface area contributed by atoms with E-state index in [2.05, 4.69) is 24.3 Å². The van der Waals surface area contributed by atoms with Crippen molar-refractivity contribution in [1.82, 2.24) is 0 Å². The van der Waals surface area contributed by atoms with Crippen molar-refractivity contribution >= 4 is 11.6 Å². The van der Waals surface area contributed by atoms with Crippen molar-refractivity contribution in [2.75, 3.05) is 0 Å². The molecule has 0 bridgehead atoms. The van der Waals surface area contributed by atoms with Crippen LogP contribution in [0.5, 0.6) is 0 Å². The van der Waals surface area contributed by atoms with Crippen LogP contribution >= 0.6 is 11.6 Å². The first-order chi connectivity index (χ1) is 12.1. The van der Waals surface area contributed by atoms with Gasteiger partial charge < -0.3 is 10.5 Å². The summed E-state index contributed by atoms with van der Waals surface area (Å²) in [6, 6.07) is 27.8. The Kier molecular flexibility index (Phi) is 5.54. The molecule has 0 heterocycles. The van der Waals surface area contributed by atoms with Crippen molar-refractivity contribution in [2.24, 2.45) is 5.73 Å². The first-order valence-corrected chi connectivity index (χ1v) is 8.76. The number of nitrogens with two attached hydrogens (primary N) is 1. The summed E-state index contributed by atoms with van der Waals surface area (Å²) < 4.78 is 6.52. The predicted octanol–water partition coefficient (Wildman–Crippen LogP) is 5.15. The van der Waals surface area contributed by atoms with E-state index in [1.54, 1.807) is 0 Å². The van der Waals surface area contributed by atoms with Crippen LogP contribution in [0.3, 0.4) is 0 Å². The van der Waals surface area contributed by atoms with Gasteiger partial charge in [0, 0.05) is 11.1 Å². The summed E-state index contributed by atoms with van der Waals surface area (Å²) in [7, 11) is 0. The van der Waals surface area contributed by atoms with Crippen molar-refractivity contribution in [3.8, 4) is 0 Å². The molecule has 0 amide bonds. The Labute approximate surface area is 154 Å². The van der Waals surface area contributed by atoms with E-state index in [4.69, 9.17) is 22.1 Å². The molecule has 1 atom stereocenters. The predicted molar refractivity (Wildman–Crippen MR) is 104 cm³/mol. The highest BCUT2D eigenvalue weighted by molar-refractivity contribution is 6.30. The fraction of sp³-hybridized carbons (Fsp3) is 0.182. The van der Waals surface area contributed by atoms with Crippen LogP contribution in [0.25, 0.3) is 0 Å². The smallest absolute Gasteiger partial charge is 0.133 e. The Morgan fingerprint density at radius 1 is 0.880 bits per heavy atom. The minimum absolute atomic E-state index is 0.239. The van der Waals surface area contributed by atoms with Crippen LogP contribution in [-0.4, -0.2) is 6.04 Å². The van der Waals surface area contributed by atoms with Crippen LogP contribution in [-0.2, 0) is 16.9 Å². The average molecular weight is 352 g/mol. The van der Waals surface area contributed by atoms with Gasteiger partial charge in [-0.25, -0.2) is 0 Å². The summed E-state index contributed by atoms with van der Waals surface area (Å²) in [4.78, 5) is 0. The van der Waals surface area contributed by atoms with E-state index >= 15 is 0 Å². The summed E-state index contributed by atoms with van der Waals surface area (Å²) >= 11 is 6.11. The van der Waals surface area contributed by atoms with Crippen molar-refractivity contribution < 1.29 is 4.74 Å². The van der Waals surface area contributed by atoms with Gasteiger partial charge in [0.1, 0.15) is 5.60 Å². The summed E-state index contributed by atoms with van der Waals surface area (Å²) in [5, 5.41) is 0.701. The summed E-state index contributed by atoms with van der Waals surface area (Å²) in [6.45, 7) is 2.41. The molecule has 1 unspecified atom stereocenters. The largest absolute Gasteiger partial charge is 0.359 e. The molecule has 0 saturated carbocycles. The molecule has 3 aromatic carbocycles. The molecule has 3 heteroatoms. The minimum atomic E-state index is -0.731. The lowest BCUT2D eigenvalue weighted by atomic mass is 9.81. The zero-order valence-electron chi connectivity index (χ0n) is 14.2. The third-order valence-electron chi connectivity index (χ3n) is 4.40. The highest BCUT2D eigenvalue weighted by atomic mass is 35.5. The van der Waals surface area contributed by atoms with Crippen molar-refractivity contribution in [3.05, 3.63) is 107 Å². The standard InChI is InChI=1S/C22H22ClNO/c1-17(24)22(19-10-4-2-5-11-19,20-12-6-3-7-13-20)25-16-18-9-8-14-21(23)15-18/h2-15,17H,16,24H2,1H3. The summed E-state index contributed by atoms with van der Waals surface area (Å²) in [6.07, 6.45) is 0. The summed E-state index contributed by atoms with van der Waals surface area (Å²) in [5.74, 6) is 0. The van der Waals surface area contributed by atoms with Crippen LogP contribution < -0.4 is 5.73 Å². The van der Waals surface area contributed by atoms with Gasteiger partial charge in [0.25, 0.3) is 0 Å². The Bertz CT molecular complexity index is 763. The third kappa shape index (κ3) is 3.77. The van der Waals surface area contributed by atoms with Crippen LogP contribution in [0.15, 0.2) is 84.9 Å². The van der Waals surface area contributed by atoms with Gasteiger partial charge in [-0.15, -0.1) is 0 Å². The molecule has 0 fully saturated rings. The topological polar surface area (TPSA) is 35.2 Å². The van der Waals surface area contributed by atoms with E-state index in [9.17, 15) is 0 Å². The first-order valence-electron chi connectivity index (χ1n) is 8.38. The van der Waals surface area contributed by atoms with Crippen LogP contribution in [0.2, 0.25) is 5.02 Å². The highest BCUT2D eigenvalue weighted by Crippen LogP contribution is 2.37. The maximum Gasteiger partial charge on any atom is 0.133 e. The normalized spacial score (nSPS) is 12.8. The molecule has 3 rings (SSSR count). The van der Waals surface area contributed by atoms with Crippen LogP contribution in [0.4, 0.5) is 0 Å². The zero-order valence-corrected chi connectivity index (χ0v) is 15.0. The van der Waals surface area contributed by atoms with E-state index in [0.717, 1.165) is 16.7 Å². The molecule has 2 N–H and O–H groups in total. The van der Waals surface area contributed by atoms with Gasteiger partial charge in [-0.05, 0) is 35.7 Å². The number of ether oxygens (including phenoxy) is 1. The fourth-order valence-electron chi connectivity index (χ4n) is 3.19. The Morgan fingerprint density at radius 2 is 1.44 bits per heavy atom. The third-order valence-corrected chi connectivity index (χ3v) is 4.64. The number of benzene rings is 3. The molecule has 25 heavy (non-hydrogen) atoms. The second-order valence-electron chi connectivity index (χ2n) is 6.17. The monoisotopic (exact) mass is 351 g/mol. The Morgan fingerprint density at radius 3 is 1.92 bits per heavy atom. The molecule has 128 valence electrons. The first kappa shape index (κ1) is 17.7. The van der Waals surface area contributed by atoms with Gasteiger partial charge in [0.2, 0.25) is 0 Å². The molecule has 0 aliphatic rings. The van der Waals surface area contributed by atoms with Crippen molar-refractivity contribution in [2.45, 2.75) is 25.2 Å². The highest BCUT2D eigenvalue weighted by Gasteiger charge is 2.39. The van der Waals surface area contributed by atoms with Gasteiger partial charge in [0.15, 0.2) is 0 Å². The molecular weight excluding hydrogens is 330 g/mol. The second kappa shape index (κ2) is 7.83. The van der Waals surface area contributed by atoms with E-state index in [0.29, 0.717) is 11.6 Å². The number of halogens is 1. The Balaban J connectivity index is 2.05. The summed E-state index contributed by atoms with van der Waals surface area (Å²) in [5.41, 5.74) is 8.85. The number of hydrogen-bond donors (Lipinski definition) is 1. The second-order valence-corrected chi connectivity index (χ2v) is 6.61. The average Bonchev–Trinajstić information content (AvgIpc) is 2.64. The molecule has 0 saturated heterocycles. The fourth-order valence-corrected chi connectivity index (χ4v) is 3.40. The van der Waals surface area contributed by atoms with E-state index in [-0.39, 0.29) is 6.04 Å². The molecule has 0 aliphatic carbocycles. The lowest BCUT2D eigenvalue weighted by Crippen LogP contribution is -2.46. The number of rotatable bonds is 6. The molecule has 0 aliphatic heterocycles. The van der Waals surface area contributed by atoms with Gasteiger partial charge in [-0.3, -0.25) is 0 Å². The lowest BCUT2D eigenvalue weighted by molar-refractivity contribution is -0.0450. The molecule has 0 aromatic heterocycles. The molecular formula is C22H22ClNO. The van der Waals surface area contributed by atoms with Gasteiger partial charge >= 0.3 is 0 Å². The molecule has 0 spiro atoms. The van der Waals surface area contributed by atoms with Crippen molar-refractivity contribution in [1.29, 1.82) is 0 Å². The maximum absolute atomic E-state index is 6.52. The van der Waals surface area contributed by atoms with Gasteiger partial charge in [0.05, 0.1) is 6.61 Å².